The van der Waals surface area contributed by atoms with Gasteiger partial charge in [-0.1, -0.05) is 12.1 Å². The van der Waals surface area contributed by atoms with Gasteiger partial charge in [0.15, 0.2) is 0 Å². The van der Waals surface area contributed by atoms with Gasteiger partial charge in [0.1, 0.15) is 5.75 Å². The maximum Gasteiger partial charge on any atom is 0.118 e. The predicted molar refractivity (Wildman–Crippen MR) is 77.6 cm³/mol. The van der Waals surface area contributed by atoms with Gasteiger partial charge in [-0.3, -0.25) is 0 Å². The van der Waals surface area contributed by atoms with Gasteiger partial charge in [-0.15, -0.1) is 12.4 Å². The lowest BCUT2D eigenvalue weighted by atomic mass is 10.1. The van der Waals surface area contributed by atoms with Crippen LogP contribution >= 0.6 is 12.4 Å². The Hall–Kier alpha value is -0.770. The molecule has 1 fully saturated rings. The first-order chi connectivity index (χ1) is 8.28. The van der Waals surface area contributed by atoms with Gasteiger partial charge in [-0.2, -0.15) is 0 Å². The molecule has 1 aromatic rings. The van der Waals surface area contributed by atoms with E-state index in [2.05, 4.69) is 29.4 Å². The molecule has 1 aliphatic heterocycles. The fraction of sp³-hybridized carbons (Fsp3) is 0.571. The first-order valence-corrected chi connectivity index (χ1v) is 6.33. The molecule has 1 N–H and O–H groups in total. The summed E-state index contributed by atoms with van der Waals surface area (Å²) in [7, 11) is 3.89. The van der Waals surface area contributed by atoms with Crippen LogP contribution in [0.3, 0.4) is 0 Å². The molecule has 0 saturated carbocycles. The first kappa shape index (κ1) is 15.3. The second kappa shape index (κ2) is 7.62. The topological polar surface area (TPSA) is 24.5 Å². The molecule has 1 heterocycles. The SMILES string of the molecule is COc1ccc(CNC2CCN(C)CC2)cc1.Cl. The van der Waals surface area contributed by atoms with E-state index in [1.54, 1.807) is 7.11 Å². The van der Waals surface area contributed by atoms with E-state index in [0.717, 1.165) is 12.3 Å². The molecule has 102 valence electrons. The number of rotatable bonds is 4. The Balaban J connectivity index is 0.00000162. The van der Waals surface area contributed by atoms with Crippen molar-refractivity contribution in [3.8, 4) is 5.75 Å². The molecule has 1 aromatic carbocycles. The summed E-state index contributed by atoms with van der Waals surface area (Å²) in [6, 6.07) is 8.96. The maximum absolute atomic E-state index is 5.15. The summed E-state index contributed by atoms with van der Waals surface area (Å²) in [6.45, 7) is 3.37. The second-order valence-corrected chi connectivity index (χ2v) is 4.81. The van der Waals surface area contributed by atoms with Gasteiger partial charge in [0.05, 0.1) is 7.11 Å². The zero-order valence-electron chi connectivity index (χ0n) is 11.2. The van der Waals surface area contributed by atoms with Crippen molar-refractivity contribution >= 4 is 12.4 Å². The van der Waals surface area contributed by atoms with Gasteiger partial charge < -0.3 is 15.0 Å². The van der Waals surface area contributed by atoms with Crippen molar-refractivity contribution < 1.29 is 4.74 Å². The van der Waals surface area contributed by atoms with Crippen LogP contribution in [0, 0.1) is 0 Å². The molecule has 0 bridgehead atoms. The van der Waals surface area contributed by atoms with Crippen LogP contribution in [0.4, 0.5) is 0 Å². The Labute approximate surface area is 116 Å². The highest BCUT2D eigenvalue weighted by Gasteiger charge is 2.15. The van der Waals surface area contributed by atoms with Crippen LogP contribution in [-0.2, 0) is 6.54 Å². The maximum atomic E-state index is 5.15. The van der Waals surface area contributed by atoms with Crippen LogP contribution in [0.25, 0.3) is 0 Å². The van der Waals surface area contributed by atoms with Crippen LogP contribution in [0.5, 0.6) is 5.75 Å². The van der Waals surface area contributed by atoms with Gasteiger partial charge in [-0.25, -0.2) is 0 Å². The molecule has 2 rings (SSSR count). The molecule has 18 heavy (non-hydrogen) atoms. The number of hydrogen-bond acceptors (Lipinski definition) is 3. The Bertz CT molecular complexity index is 334. The smallest absolute Gasteiger partial charge is 0.118 e. The van der Waals surface area contributed by atoms with Gasteiger partial charge >= 0.3 is 0 Å². The Morgan fingerprint density at radius 3 is 2.39 bits per heavy atom. The third kappa shape index (κ3) is 4.48. The Morgan fingerprint density at radius 2 is 1.83 bits per heavy atom. The minimum atomic E-state index is 0. The lowest BCUT2D eigenvalue weighted by Gasteiger charge is -2.29. The summed E-state index contributed by atoms with van der Waals surface area (Å²) in [5, 5.41) is 3.63. The molecular formula is C14H23ClN2O. The van der Waals surface area contributed by atoms with E-state index in [9.17, 15) is 0 Å². The first-order valence-electron chi connectivity index (χ1n) is 6.33. The van der Waals surface area contributed by atoms with E-state index in [1.807, 2.05) is 12.1 Å². The number of methoxy groups -OCH3 is 1. The lowest BCUT2D eigenvalue weighted by molar-refractivity contribution is 0.234. The Kier molecular flexibility index (Phi) is 6.47. The van der Waals surface area contributed by atoms with Crippen LogP contribution in [0.15, 0.2) is 24.3 Å². The van der Waals surface area contributed by atoms with E-state index in [-0.39, 0.29) is 12.4 Å². The number of nitrogens with one attached hydrogen (secondary N) is 1. The van der Waals surface area contributed by atoms with Crippen molar-refractivity contribution in [3.63, 3.8) is 0 Å². The van der Waals surface area contributed by atoms with Crippen molar-refractivity contribution in [2.24, 2.45) is 0 Å². The van der Waals surface area contributed by atoms with Crippen LogP contribution in [0.2, 0.25) is 0 Å². The molecule has 4 heteroatoms. The molecule has 0 unspecified atom stereocenters. The number of piperidine rings is 1. The average molecular weight is 271 g/mol. The van der Waals surface area contributed by atoms with Gasteiger partial charge in [0.2, 0.25) is 0 Å². The lowest BCUT2D eigenvalue weighted by Crippen LogP contribution is -2.40. The van der Waals surface area contributed by atoms with E-state index < -0.39 is 0 Å². The van der Waals surface area contributed by atoms with E-state index in [1.165, 1.54) is 31.5 Å². The number of hydrogen-bond donors (Lipinski definition) is 1. The van der Waals surface area contributed by atoms with Crippen LogP contribution in [0.1, 0.15) is 18.4 Å². The standard InChI is InChI=1S/C14H22N2O.ClH/c1-16-9-7-13(8-10-16)15-11-12-3-5-14(17-2)6-4-12;/h3-6,13,15H,7-11H2,1-2H3;1H. The molecule has 0 spiro atoms. The molecule has 0 radical (unpaired) electrons. The molecule has 3 nitrogen and oxygen atoms in total. The number of nitrogens with zero attached hydrogens (tertiary/aromatic N) is 1. The molecule has 1 aliphatic rings. The van der Waals surface area contributed by atoms with Crippen molar-refractivity contribution in [1.29, 1.82) is 0 Å². The summed E-state index contributed by atoms with van der Waals surface area (Å²) in [6.07, 6.45) is 2.51. The van der Waals surface area contributed by atoms with Crippen molar-refractivity contribution in [3.05, 3.63) is 29.8 Å². The average Bonchev–Trinajstić information content (AvgIpc) is 2.39. The molecular weight excluding hydrogens is 248 g/mol. The number of halogens is 1. The number of ether oxygens (including phenoxy) is 1. The van der Waals surface area contributed by atoms with Gasteiger partial charge in [0.25, 0.3) is 0 Å². The third-order valence-corrected chi connectivity index (χ3v) is 3.47. The van der Waals surface area contributed by atoms with Crippen molar-refractivity contribution in [2.45, 2.75) is 25.4 Å². The van der Waals surface area contributed by atoms with Crippen molar-refractivity contribution in [1.82, 2.24) is 10.2 Å². The van der Waals surface area contributed by atoms with E-state index >= 15 is 0 Å². The summed E-state index contributed by atoms with van der Waals surface area (Å²) >= 11 is 0. The summed E-state index contributed by atoms with van der Waals surface area (Å²) in [4.78, 5) is 2.39. The fourth-order valence-electron chi connectivity index (χ4n) is 2.22. The van der Waals surface area contributed by atoms with Gasteiger partial charge in [-0.05, 0) is 50.7 Å². The summed E-state index contributed by atoms with van der Waals surface area (Å²) in [5.74, 6) is 0.924. The zero-order chi connectivity index (χ0) is 12.1. The van der Waals surface area contributed by atoms with Crippen LogP contribution in [-0.4, -0.2) is 38.2 Å². The molecule has 1 saturated heterocycles. The normalized spacial score (nSPS) is 17.2. The van der Waals surface area contributed by atoms with E-state index in [0.29, 0.717) is 6.04 Å². The number of benzene rings is 1. The highest BCUT2D eigenvalue weighted by Crippen LogP contribution is 2.13. The molecule has 0 amide bonds. The molecule has 0 aliphatic carbocycles. The van der Waals surface area contributed by atoms with E-state index in [4.69, 9.17) is 4.74 Å². The monoisotopic (exact) mass is 270 g/mol. The minimum Gasteiger partial charge on any atom is -0.497 e. The third-order valence-electron chi connectivity index (χ3n) is 3.47. The highest BCUT2D eigenvalue weighted by atomic mass is 35.5. The summed E-state index contributed by atoms with van der Waals surface area (Å²) < 4.78 is 5.15. The summed E-state index contributed by atoms with van der Waals surface area (Å²) in [5.41, 5.74) is 1.32. The highest BCUT2D eigenvalue weighted by molar-refractivity contribution is 5.85. The Morgan fingerprint density at radius 1 is 1.22 bits per heavy atom. The fourth-order valence-corrected chi connectivity index (χ4v) is 2.22. The zero-order valence-corrected chi connectivity index (χ0v) is 12.0. The molecule has 0 aromatic heterocycles. The van der Waals surface area contributed by atoms with Crippen LogP contribution < -0.4 is 10.1 Å². The van der Waals surface area contributed by atoms with Gasteiger partial charge in [0, 0.05) is 12.6 Å². The minimum absolute atomic E-state index is 0. The second-order valence-electron chi connectivity index (χ2n) is 4.81. The van der Waals surface area contributed by atoms with Crippen molar-refractivity contribution in [2.75, 3.05) is 27.2 Å². The molecule has 0 atom stereocenters. The quantitative estimate of drug-likeness (QED) is 0.909. The predicted octanol–water partition coefficient (Wildman–Crippen LogP) is 2.30. The number of likely N-dealkylation sites (tertiary alicyclic amines) is 1. The largest absolute Gasteiger partial charge is 0.497 e.